The minimum Gasteiger partial charge on any atom is -0.356 e. The van der Waals surface area contributed by atoms with Gasteiger partial charge >= 0.3 is 97.7 Å². The van der Waals surface area contributed by atoms with E-state index in [2.05, 4.69) is 23.6 Å². The molecule has 18 nitrogen and oxygen atoms in total. The zero-order chi connectivity index (χ0) is 71.0. The summed E-state index contributed by atoms with van der Waals surface area (Å²) < 4.78 is 201. The van der Waals surface area contributed by atoms with Crippen LogP contribution < -0.4 is 61.2 Å². The molecule has 0 spiro atoms. The maximum atomic E-state index is 11.2. The third-order valence-corrected chi connectivity index (χ3v) is 15.1. The Balaban J connectivity index is -0.000000268. The second-order valence-electron chi connectivity index (χ2n) is 22.3. The Morgan fingerprint density at radius 2 is 0.559 bits per heavy atom. The molecule has 2 N–H and O–H groups in total. The second-order valence-corrected chi connectivity index (χ2v) is 22.9. The average molecular weight is 1470 g/mol. The number of quaternary nitrogens is 2. The molecule has 0 aliphatic carbocycles. The monoisotopic (exact) mass is 1470 g/mol. The molecule has 2 atom stereocenters. The van der Waals surface area contributed by atoms with E-state index in [1.54, 1.807) is 9.80 Å². The number of nitrogens with zero attached hydrogens (tertiary/aromatic N) is 5. The van der Waals surface area contributed by atoms with E-state index >= 15 is 0 Å². The molecule has 4 rings (SSSR count). The third kappa shape index (κ3) is 69.8. The molecule has 2 fully saturated rings. The molecule has 0 saturated carbocycles. The minimum atomic E-state index is -5.27. The number of fused-ring (bicyclic) bond motifs is 2. The molecule has 0 amide bonds. The first-order valence-corrected chi connectivity index (χ1v) is 34.9. The first kappa shape index (κ1) is 102. The molecule has 0 radical (unpaired) electrons. The van der Waals surface area contributed by atoms with Crippen molar-refractivity contribution < 1.29 is 153 Å². The van der Waals surface area contributed by atoms with E-state index in [0.29, 0.717) is 0 Å². The summed E-state index contributed by atoms with van der Waals surface area (Å²) in [5.74, 6) is -2.06. The van der Waals surface area contributed by atoms with Crippen LogP contribution in [-0.2, 0) is 46.3 Å². The van der Waals surface area contributed by atoms with Gasteiger partial charge in [0.25, 0.3) is 36.6 Å². The molecular formula is C58H106F12KN7O11S4. The third-order valence-electron chi connectivity index (χ3n) is 15.1. The fraction of sp³-hybridized carbons (Fsp3) is 0.931. The molecule has 548 valence electrons. The fourth-order valence-electron chi connectivity index (χ4n) is 10.2. The summed E-state index contributed by atoms with van der Waals surface area (Å²) in [5, 5.41) is 14.8. The Labute approximate surface area is 601 Å². The summed E-state index contributed by atoms with van der Waals surface area (Å²) >= 11 is -3.00. The van der Waals surface area contributed by atoms with Gasteiger partial charge in [-0.3, -0.25) is 9.80 Å². The van der Waals surface area contributed by atoms with E-state index in [9.17, 15) is 52.7 Å². The van der Waals surface area contributed by atoms with Gasteiger partial charge in [-0.1, -0.05) is 206 Å². The number of rotatable bonds is 34. The van der Waals surface area contributed by atoms with Crippen LogP contribution in [0.25, 0.3) is 0 Å². The predicted molar refractivity (Wildman–Crippen MR) is 335 cm³/mol. The topological polar surface area (TPSA) is 243 Å². The Morgan fingerprint density at radius 1 is 0.387 bits per heavy atom. The average Bonchev–Trinajstić information content (AvgIpc) is 1.03. The van der Waals surface area contributed by atoms with Crippen molar-refractivity contribution in [2.45, 2.75) is 284 Å². The van der Waals surface area contributed by atoms with Crippen LogP contribution in [0.4, 0.5) is 52.7 Å². The number of hydrogen-bond donors (Lipinski definition) is 2. The molecule has 2 saturated heterocycles. The first-order chi connectivity index (χ1) is 43.5. The molecule has 93 heavy (non-hydrogen) atoms. The van der Waals surface area contributed by atoms with Crippen LogP contribution in [0.2, 0.25) is 0 Å². The van der Waals surface area contributed by atoms with Gasteiger partial charge in [0.05, 0.1) is 44.4 Å². The van der Waals surface area contributed by atoms with E-state index in [1.165, 1.54) is 295 Å². The minimum absolute atomic E-state index is 0. The summed E-state index contributed by atoms with van der Waals surface area (Å²) in [6.45, 7) is 17.0. The van der Waals surface area contributed by atoms with Crippen molar-refractivity contribution >= 4 is 58.2 Å². The zero-order valence-electron chi connectivity index (χ0n) is 55.4. The summed E-state index contributed by atoms with van der Waals surface area (Å²) in [5.41, 5.74) is 0. The van der Waals surface area contributed by atoms with E-state index in [0.717, 1.165) is 13.1 Å². The van der Waals surface area contributed by atoms with Crippen molar-refractivity contribution in [3.63, 3.8) is 0 Å². The van der Waals surface area contributed by atoms with Crippen LogP contribution in [0.15, 0.2) is 9.98 Å². The van der Waals surface area contributed by atoms with Gasteiger partial charge in [-0.05, 0) is 12.8 Å². The molecule has 0 aromatic rings. The Morgan fingerprint density at radius 3 is 0.731 bits per heavy atom. The number of aliphatic imine (C=N–C) groups is 2. The summed E-state index contributed by atoms with van der Waals surface area (Å²) in [4.78, 5) is 26.4. The number of halogens is 12. The maximum Gasteiger partial charge on any atom is 1.00 e. The van der Waals surface area contributed by atoms with Gasteiger partial charge in [0, 0.05) is 51.9 Å². The number of unbranched alkanes of at least 4 members (excludes halogenated alkanes) is 30. The molecule has 35 heteroatoms. The van der Waals surface area contributed by atoms with Crippen LogP contribution in [0, 0.1) is 27.2 Å². The Bertz CT molecular complexity index is 1780. The van der Waals surface area contributed by atoms with Crippen LogP contribution in [0.3, 0.4) is 0 Å². The molecule has 4 aliphatic rings. The van der Waals surface area contributed by atoms with Gasteiger partial charge in [0.15, 0.2) is 0 Å². The SMILES string of the molecule is CCCCCCCCCCCCCCCCCCN1CCC[NH+]2CCCN=C12.CCCCCCCCCCCCCCCCCCN1CCC[NH+]2CCCN=C12.C[C-](C(F)(F)F)C(F)(F)F.C[C-](C(F)(F)F)C(F)(F)F.O=S=O.O=S=O.O=S=O.O=S=O.O=[N+]([O-])[O-].[K+]. The van der Waals surface area contributed by atoms with E-state index in [1.807, 2.05) is 0 Å². The molecule has 0 bridgehead atoms. The van der Waals surface area contributed by atoms with Gasteiger partial charge in [-0.2, -0.15) is 47.5 Å². The zero-order valence-corrected chi connectivity index (χ0v) is 61.8. The smallest absolute Gasteiger partial charge is 0.356 e. The standard InChI is InChI=1S/2C25H49N3.2C4H3F6.K.NO3.4O2S/c2*1-2-3-4-5-6-7-8-9-10-11-12-13-14-15-16-17-21-27-23-19-24-28-22-18-20-26-25(27)28;2*1-2(3(5,6)7)4(8,9)10;;2-1(3)4;4*1-3-2/h2*2-24H2,1H3;2*1H3;;;;;;/q;;2*-1;+1;-1;;;;/p+2. The molecule has 4 aliphatic heterocycles. The summed E-state index contributed by atoms with van der Waals surface area (Å²) in [6.07, 6.45) is 30.6. The predicted octanol–water partition coefficient (Wildman–Crippen LogP) is 10.7. The number of nitrogens with one attached hydrogen (secondary N) is 2. The van der Waals surface area contributed by atoms with Gasteiger partial charge in [0.1, 0.15) is 0 Å². The van der Waals surface area contributed by atoms with Gasteiger partial charge in [-0.15, -0.1) is 11.8 Å². The molecule has 2 unspecified atom stereocenters. The van der Waals surface area contributed by atoms with Gasteiger partial charge in [-0.25, -0.2) is 62.7 Å². The van der Waals surface area contributed by atoms with Crippen molar-refractivity contribution in [3.8, 4) is 0 Å². The largest absolute Gasteiger partial charge is 1.00 e. The van der Waals surface area contributed by atoms with Crippen molar-refractivity contribution in [3.05, 3.63) is 27.2 Å². The summed E-state index contributed by atoms with van der Waals surface area (Å²) in [7, 11) is 0. The summed E-state index contributed by atoms with van der Waals surface area (Å²) in [6, 6.07) is 0. The molecule has 0 aromatic carbocycles. The molecular weight excluding hydrogens is 1370 g/mol. The van der Waals surface area contributed by atoms with E-state index < -0.39 is 87.9 Å². The normalized spacial score (nSPS) is 15.6. The van der Waals surface area contributed by atoms with Crippen LogP contribution in [0.5, 0.6) is 0 Å². The molecule has 0 aromatic heterocycles. The fourth-order valence-corrected chi connectivity index (χ4v) is 10.2. The number of hydrogen-bond acceptors (Lipinski definition) is 15. The first-order valence-electron chi connectivity index (χ1n) is 32.3. The van der Waals surface area contributed by atoms with Crippen molar-refractivity contribution in [2.75, 3.05) is 65.4 Å². The van der Waals surface area contributed by atoms with Crippen LogP contribution >= 0.6 is 0 Å². The van der Waals surface area contributed by atoms with Crippen LogP contribution in [-0.4, -0.2) is 151 Å². The second kappa shape index (κ2) is 70.0. The Hall–Kier alpha value is -1.86. The molecule has 4 heterocycles. The maximum absolute atomic E-state index is 11.2. The number of guanidine groups is 2. The van der Waals surface area contributed by atoms with E-state index in [4.69, 9.17) is 59.0 Å². The Kier molecular flexibility index (Phi) is 76.9. The van der Waals surface area contributed by atoms with Crippen LogP contribution in [0.1, 0.15) is 259 Å². The number of alkyl halides is 12. The van der Waals surface area contributed by atoms with Gasteiger partial charge in [0.2, 0.25) is 0 Å². The quantitative estimate of drug-likeness (QED) is 0.0152. The van der Waals surface area contributed by atoms with Gasteiger partial charge < -0.3 is 25.1 Å². The van der Waals surface area contributed by atoms with E-state index in [-0.39, 0.29) is 65.2 Å². The van der Waals surface area contributed by atoms with Crippen molar-refractivity contribution in [1.82, 2.24) is 9.80 Å². The van der Waals surface area contributed by atoms with Crippen molar-refractivity contribution in [1.29, 1.82) is 0 Å². The van der Waals surface area contributed by atoms with Crippen molar-refractivity contribution in [2.24, 2.45) is 9.98 Å².